The zero-order chi connectivity index (χ0) is 17.7. The molecule has 22 heavy (non-hydrogen) atoms. The lowest BCUT2D eigenvalue weighted by Gasteiger charge is -2.40. The second-order valence-electron chi connectivity index (χ2n) is 7.13. The molecule has 0 aromatic heterocycles. The van der Waals surface area contributed by atoms with Crippen molar-refractivity contribution in [1.82, 2.24) is 0 Å². The Morgan fingerprint density at radius 3 is 1.95 bits per heavy atom. The number of Topliss-reactive ketones (excluding diaryl/α,β-unsaturated/α-hetero) is 1. The van der Waals surface area contributed by atoms with Crippen LogP contribution >= 0.6 is 0 Å². The van der Waals surface area contributed by atoms with Gasteiger partial charge in [-0.1, -0.05) is 34.6 Å². The molecule has 0 aromatic rings. The molecule has 0 aromatic carbocycles. The van der Waals surface area contributed by atoms with Crippen molar-refractivity contribution in [3.8, 4) is 0 Å². The minimum atomic E-state index is -2.21. The SMILES string of the molecule is CCC(=O)[C@@H](C)[C@H](OC)[C@@H](O[Si](C)(C)C(C)(C)C)C(=O)OC. The van der Waals surface area contributed by atoms with Crippen LogP contribution in [0.25, 0.3) is 0 Å². The van der Waals surface area contributed by atoms with E-state index in [0.29, 0.717) is 6.42 Å². The van der Waals surface area contributed by atoms with E-state index >= 15 is 0 Å². The molecule has 0 fully saturated rings. The van der Waals surface area contributed by atoms with Gasteiger partial charge in [-0.05, 0) is 18.1 Å². The number of carbonyl (C=O) groups is 2. The summed E-state index contributed by atoms with van der Waals surface area (Å²) in [4.78, 5) is 24.2. The first-order chi connectivity index (χ1) is 9.92. The molecule has 0 bridgehead atoms. The van der Waals surface area contributed by atoms with Crippen LogP contribution in [0.4, 0.5) is 0 Å². The summed E-state index contributed by atoms with van der Waals surface area (Å²) in [5.41, 5.74) is 0. The minimum absolute atomic E-state index is 0.0413. The molecule has 0 saturated carbocycles. The molecule has 0 heterocycles. The fourth-order valence-electron chi connectivity index (χ4n) is 1.95. The first kappa shape index (κ1) is 21.3. The normalized spacial score (nSPS) is 16.8. The van der Waals surface area contributed by atoms with Gasteiger partial charge >= 0.3 is 5.97 Å². The van der Waals surface area contributed by atoms with Gasteiger partial charge in [0, 0.05) is 19.4 Å². The number of rotatable bonds is 8. The average Bonchev–Trinajstić information content (AvgIpc) is 2.43. The van der Waals surface area contributed by atoms with E-state index in [1.165, 1.54) is 14.2 Å². The molecule has 0 amide bonds. The van der Waals surface area contributed by atoms with E-state index in [4.69, 9.17) is 13.9 Å². The van der Waals surface area contributed by atoms with Gasteiger partial charge in [0.15, 0.2) is 14.4 Å². The van der Waals surface area contributed by atoms with Crippen molar-refractivity contribution in [3.05, 3.63) is 0 Å². The van der Waals surface area contributed by atoms with Gasteiger partial charge in [-0.15, -0.1) is 0 Å². The molecule has 0 spiro atoms. The molecule has 0 aliphatic rings. The Hall–Kier alpha value is -0.723. The highest BCUT2D eigenvalue weighted by Gasteiger charge is 2.45. The van der Waals surface area contributed by atoms with E-state index < -0.39 is 32.4 Å². The van der Waals surface area contributed by atoms with Crippen LogP contribution in [0.3, 0.4) is 0 Å². The van der Waals surface area contributed by atoms with Crippen molar-refractivity contribution >= 4 is 20.1 Å². The van der Waals surface area contributed by atoms with Crippen LogP contribution in [0.1, 0.15) is 41.0 Å². The van der Waals surface area contributed by atoms with Gasteiger partial charge in [0.25, 0.3) is 0 Å². The predicted octanol–water partition coefficient (Wildman–Crippen LogP) is 3.18. The average molecular weight is 333 g/mol. The summed E-state index contributed by atoms with van der Waals surface area (Å²) in [7, 11) is 0.609. The Bertz CT molecular complexity index is 386. The summed E-state index contributed by atoms with van der Waals surface area (Å²) in [5, 5.41) is -0.0600. The summed E-state index contributed by atoms with van der Waals surface area (Å²) in [6.45, 7) is 14.0. The second kappa shape index (κ2) is 8.22. The molecule has 0 rings (SSSR count). The van der Waals surface area contributed by atoms with Gasteiger partial charge in [-0.3, -0.25) is 4.79 Å². The molecule has 3 atom stereocenters. The summed E-state index contributed by atoms with van der Waals surface area (Å²) < 4.78 is 16.5. The van der Waals surface area contributed by atoms with Crippen molar-refractivity contribution in [3.63, 3.8) is 0 Å². The van der Waals surface area contributed by atoms with Crippen LogP contribution in [0.2, 0.25) is 18.1 Å². The quantitative estimate of drug-likeness (QED) is 0.504. The van der Waals surface area contributed by atoms with Crippen molar-refractivity contribution in [2.45, 2.75) is 71.4 Å². The molecule has 0 aliphatic carbocycles. The fraction of sp³-hybridized carbons (Fsp3) is 0.875. The Morgan fingerprint density at radius 1 is 1.14 bits per heavy atom. The molecule has 130 valence electrons. The second-order valence-corrected chi connectivity index (χ2v) is 11.9. The highest BCUT2D eigenvalue weighted by Crippen LogP contribution is 2.38. The largest absolute Gasteiger partial charge is 0.467 e. The maximum absolute atomic E-state index is 12.2. The topological polar surface area (TPSA) is 61.8 Å². The molecule has 0 radical (unpaired) electrons. The lowest BCUT2D eigenvalue weighted by Crippen LogP contribution is -2.53. The lowest BCUT2D eigenvalue weighted by atomic mass is 9.94. The van der Waals surface area contributed by atoms with Crippen molar-refractivity contribution in [2.75, 3.05) is 14.2 Å². The highest BCUT2D eigenvalue weighted by atomic mass is 28.4. The number of hydrogen-bond donors (Lipinski definition) is 0. The minimum Gasteiger partial charge on any atom is -0.467 e. The first-order valence-electron chi connectivity index (χ1n) is 7.74. The van der Waals surface area contributed by atoms with Crippen LogP contribution in [0.15, 0.2) is 0 Å². The van der Waals surface area contributed by atoms with E-state index in [2.05, 4.69) is 33.9 Å². The van der Waals surface area contributed by atoms with E-state index in [9.17, 15) is 9.59 Å². The lowest BCUT2D eigenvalue weighted by molar-refractivity contribution is -0.160. The summed E-state index contributed by atoms with van der Waals surface area (Å²) in [6.07, 6.45) is -1.13. The Morgan fingerprint density at radius 2 is 1.64 bits per heavy atom. The molecule has 0 saturated heterocycles. The smallest absolute Gasteiger partial charge is 0.336 e. The van der Waals surface area contributed by atoms with Crippen LogP contribution < -0.4 is 0 Å². The van der Waals surface area contributed by atoms with Gasteiger partial charge in [-0.2, -0.15) is 0 Å². The Balaban J connectivity index is 5.53. The maximum atomic E-state index is 12.2. The third-order valence-corrected chi connectivity index (χ3v) is 9.04. The molecule has 0 unspecified atom stereocenters. The van der Waals surface area contributed by atoms with Crippen molar-refractivity contribution in [1.29, 1.82) is 0 Å². The van der Waals surface area contributed by atoms with E-state index in [0.717, 1.165) is 0 Å². The molecule has 6 heteroatoms. The monoisotopic (exact) mass is 332 g/mol. The van der Waals surface area contributed by atoms with E-state index in [1.807, 2.05) is 0 Å². The number of esters is 1. The third kappa shape index (κ3) is 5.17. The van der Waals surface area contributed by atoms with Gasteiger partial charge < -0.3 is 13.9 Å². The predicted molar refractivity (Wildman–Crippen MR) is 89.3 cm³/mol. The van der Waals surface area contributed by atoms with Gasteiger partial charge in [0.1, 0.15) is 11.9 Å². The van der Waals surface area contributed by atoms with Crippen LogP contribution in [0, 0.1) is 5.92 Å². The van der Waals surface area contributed by atoms with Gasteiger partial charge in [0.2, 0.25) is 0 Å². The Kier molecular flexibility index (Phi) is 7.95. The fourth-order valence-corrected chi connectivity index (χ4v) is 3.17. The summed E-state index contributed by atoms with van der Waals surface area (Å²) >= 11 is 0. The highest BCUT2D eigenvalue weighted by molar-refractivity contribution is 6.74. The van der Waals surface area contributed by atoms with E-state index in [-0.39, 0.29) is 10.8 Å². The first-order valence-corrected chi connectivity index (χ1v) is 10.6. The summed E-state index contributed by atoms with van der Waals surface area (Å²) in [5.74, 6) is -0.879. The number of carbonyl (C=O) groups excluding carboxylic acids is 2. The van der Waals surface area contributed by atoms with Crippen LogP contribution in [-0.2, 0) is 23.5 Å². The zero-order valence-electron chi connectivity index (χ0n) is 15.5. The number of hydrogen-bond acceptors (Lipinski definition) is 5. The van der Waals surface area contributed by atoms with Crippen molar-refractivity contribution in [2.24, 2.45) is 5.92 Å². The zero-order valence-corrected chi connectivity index (χ0v) is 16.5. The molecule has 0 aliphatic heterocycles. The number of ketones is 1. The van der Waals surface area contributed by atoms with Gasteiger partial charge in [-0.25, -0.2) is 4.79 Å². The molecule has 0 N–H and O–H groups in total. The number of ether oxygens (including phenoxy) is 2. The van der Waals surface area contributed by atoms with Crippen molar-refractivity contribution < 1.29 is 23.5 Å². The van der Waals surface area contributed by atoms with Crippen LogP contribution in [-0.4, -0.2) is 46.5 Å². The number of methoxy groups -OCH3 is 2. The molecular weight excluding hydrogens is 300 g/mol. The molecule has 5 nitrogen and oxygen atoms in total. The van der Waals surface area contributed by atoms with Gasteiger partial charge in [0.05, 0.1) is 7.11 Å². The molecular formula is C16H32O5Si. The van der Waals surface area contributed by atoms with E-state index in [1.54, 1.807) is 13.8 Å². The third-order valence-electron chi connectivity index (χ3n) is 4.58. The summed E-state index contributed by atoms with van der Waals surface area (Å²) in [6, 6.07) is 0. The maximum Gasteiger partial charge on any atom is 0.336 e. The standard InChI is InChI=1S/C16H32O5Si/c1-10-12(17)11(2)13(19-6)14(15(18)20-7)21-22(8,9)16(3,4)5/h11,13-14H,10H2,1-9H3/t11-,13+,14-/m1/s1. The Labute approximate surface area is 135 Å². The van der Waals surface area contributed by atoms with Crippen LogP contribution in [0.5, 0.6) is 0 Å².